The van der Waals surface area contributed by atoms with Crippen molar-refractivity contribution in [2.24, 2.45) is 53.3 Å². The zero-order valence-corrected chi connectivity index (χ0v) is 64.3. The van der Waals surface area contributed by atoms with Crippen LogP contribution < -0.4 is 0 Å². The van der Waals surface area contributed by atoms with Crippen molar-refractivity contribution in [3.05, 3.63) is 0 Å². The Morgan fingerprint density at radius 3 is 0.443 bits per heavy atom. The Bertz CT molecular complexity index is 1250. The summed E-state index contributed by atoms with van der Waals surface area (Å²) >= 11 is 0. The molecule has 0 aliphatic heterocycles. The molecule has 0 saturated heterocycles. The topological polar surface area (TPSA) is 0 Å². The van der Waals surface area contributed by atoms with E-state index in [1.54, 1.807) is 44.9 Å². The molecule has 530 valence electrons. The van der Waals surface area contributed by atoms with Gasteiger partial charge in [0.2, 0.25) is 0 Å². The van der Waals surface area contributed by atoms with Crippen molar-refractivity contribution in [1.29, 1.82) is 0 Å². The molecule has 0 saturated carbocycles. The highest BCUT2D eigenvalue weighted by Crippen LogP contribution is 2.42. The minimum absolute atomic E-state index is 0.903. The van der Waals surface area contributed by atoms with Gasteiger partial charge in [-0.15, -0.1) is 0 Å². The molecule has 0 fully saturated rings. The van der Waals surface area contributed by atoms with Crippen molar-refractivity contribution in [2.45, 2.75) is 513 Å². The minimum atomic E-state index is 0.903. The van der Waals surface area contributed by atoms with Crippen LogP contribution in [0.1, 0.15) is 513 Å². The van der Waals surface area contributed by atoms with E-state index in [-0.39, 0.29) is 0 Å². The van der Waals surface area contributed by atoms with E-state index in [2.05, 4.69) is 76.2 Å². The highest BCUT2D eigenvalue weighted by Gasteiger charge is 2.29. The van der Waals surface area contributed by atoms with Crippen LogP contribution in [0.3, 0.4) is 0 Å². The third-order valence-electron chi connectivity index (χ3n) is 22.6. The van der Waals surface area contributed by atoms with E-state index in [1.165, 1.54) is 392 Å². The largest absolute Gasteiger partial charge is 0.0654 e. The lowest BCUT2D eigenvalue weighted by atomic mass is 9.72. The van der Waals surface area contributed by atoms with E-state index in [9.17, 15) is 0 Å². The summed E-state index contributed by atoms with van der Waals surface area (Å²) in [4.78, 5) is 0. The predicted molar refractivity (Wildman–Crippen MR) is 408 cm³/mol. The second-order valence-corrected chi connectivity index (χ2v) is 31.9. The number of hydrogen-bond acceptors (Lipinski definition) is 0. The Balaban J connectivity index is 7.27. The van der Waals surface area contributed by atoms with Gasteiger partial charge >= 0.3 is 0 Å². The van der Waals surface area contributed by atoms with Crippen molar-refractivity contribution >= 4 is 0 Å². The molecule has 0 aliphatic carbocycles. The highest BCUT2D eigenvalue weighted by atomic mass is 14.3. The zero-order chi connectivity index (χ0) is 64.3. The third kappa shape index (κ3) is 59.7. The van der Waals surface area contributed by atoms with E-state index in [0.717, 1.165) is 53.3 Å². The van der Waals surface area contributed by atoms with E-state index in [4.69, 9.17) is 0 Å². The summed E-state index contributed by atoms with van der Waals surface area (Å²) in [6.07, 6.45) is 101. The van der Waals surface area contributed by atoms with Gasteiger partial charge in [0.1, 0.15) is 0 Å². The van der Waals surface area contributed by atoms with Crippen molar-refractivity contribution in [2.75, 3.05) is 0 Å². The van der Waals surface area contributed by atoms with Crippen LogP contribution >= 0.6 is 0 Å². The summed E-state index contributed by atoms with van der Waals surface area (Å²) in [7, 11) is 0. The van der Waals surface area contributed by atoms with Crippen LogP contribution in [0.2, 0.25) is 0 Å². The molecule has 0 aliphatic rings. The van der Waals surface area contributed by atoms with Gasteiger partial charge in [-0.25, -0.2) is 0 Å². The van der Waals surface area contributed by atoms with Crippen LogP contribution in [-0.2, 0) is 0 Å². The summed E-state index contributed by atoms with van der Waals surface area (Å²) in [5.74, 6) is 8.54. The molecule has 0 bridgehead atoms. The first-order chi connectivity index (χ1) is 43.3. The molecule has 0 radical (unpaired) electrons. The molecule has 0 rings (SSSR count). The highest BCUT2D eigenvalue weighted by molar-refractivity contribution is 4.81. The Kier molecular flexibility index (Phi) is 71.3. The molecule has 0 aromatic heterocycles. The third-order valence-corrected chi connectivity index (χ3v) is 22.6. The molecular formula is C88H178. The first-order valence-corrected chi connectivity index (χ1v) is 43.3. The fourth-order valence-electron chi connectivity index (χ4n) is 17.1. The first-order valence-electron chi connectivity index (χ1n) is 43.3. The average molecular weight is 1240 g/mol. The second kappa shape index (κ2) is 71.3. The van der Waals surface area contributed by atoms with Crippen LogP contribution in [0.4, 0.5) is 0 Å². The molecule has 0 unspecified atom stereocenters. The monoisotopic (exact) mass is 1240 g/mol. The van der Waals surface area contributed by atoms with E-state index in [1.807, 2.05) is 0 Å². The maximum Gasteiger partial charge on any atom is -0.0409 e. The summed E-state index contributed by atoms with van der Waals surface area (Å²) in [5.41, 5.74) is 0. The van der Waals surface area contributed by atoms with Gasteiger partial charge in [0.05, 0.1) is 0 Å². The maximum absolute atomic E-state index is 2.70. The lowest BCUT2D eigenvalue weighted by Crippen LogP contribution is -2.21. The predicted octanol–water partition coefficient (Wildman–Crippen LogP) is 33.3. The maximum atomic E-state index is 2.70. The summed E-state index contributed by atoms with van der Waals surface area (Å²) in [5, 5.41) is 0. The molecule has 88 heavy (non-hydrogen) atoms. The fraction of sp³-hybridized carbons (Fsp3) is 1.00. The summed E-state index contributed by atoms with van der Waals surface area (Å²) in [6.45, 7) is 26.9. The number of rotatable bonds is 76. The van der Waals surface area contributed by atoms with E-state index in [0.29, 0.717) is 0 Å². The SMILES string of the molecule is CCCCCCCCCC[C@@H](C)C[C@H](CCCCCCCCCC)C[C@H](CCCCCC)C[C@H](CCCCCC)C[C@H](CCCCCC)C[C@H](CCCCCC)C[C@H](CCCCCC)C[C@H](CCCCCC)C[C@H](CCCCCC)CCCCCCCC. The Hall–Kier alpha value is 0. The van der Waals surface area contributed by atoms with Crippen molar-refractivity contribution in [3.8, 4) is 0 Å². The van der Waals surface area contributed by atoms with Crippen molar-refractivity contribution in [1.82, 2.24) is 0 Å². The molecule has 0 nitrogen and oxygen atoms in total. The van der Waals surface area contributed by atoms with Gasteiger partial charge in [-0.1, -0.05) is 461 Å². The Morgan fingerprint density at radius 1 is 0.125 bits per heavy atom. The molecule has 0 heterocycles. The van der Waals surface area contributed by atoms with Crippen molar-refractivity contribution < 1.29 is 0 Å². The normalized spacial score (nSPS) is 15.2. The van der Waals surface area contributed by atoms with E-state index < -0.39 is 0 Å². The lowest BCUT2D eigenvalue weighted by Gasteiger charge is -2.34. The van der Waals surface area contributed by atoms with Gasteiger partial charge in [0, 0.05) is 0 Å². The van der Waals surface area contributed by atoms with Gasteiger partial charge in [0.25, 0.3) is 0 Å². The van der Waals surface area contributed by atoms with Crippen LogP contribution in [-0.4, -0.2) is 0 Å². The smallest absolute Gasteiger partial charge is 0.0409 e. The number of unbranched alkanes of at least 4 members (excludes halogenated alkanes) is 40. The fourth-order valence-corrected chi connectivity index (χ4v) is 17.1. The van der Waals surface area contributed by atoms with E-state index >= 15 is 0 Å². The zero-order valence-electron chi connectivity index (χ0n) is 64.3. The molecule has 0 aromatic carbocycles. The Morgan fingerprint density at radius 2 is 0.250 bits per heavy atom. The molecule has 0 aromatic rings. The molecule has 0 heteroatoms. The summed E-state index contributed by atoms with van der Waals surface area (Å²) < 4.78 is 0. The second-order valence-electron chi connectivity index (χ2n) is 31.9. The van der Waals surface area contributed by atoms with Crippen molar-refractivity contribution in [3.63, 3.8) is 0 Å². The molecular weight excluding hydrogens is 1060 g/mol. The van der Waals surface area contributed by atoms with Gasteiger partial charge in [-0.2, -0.15) is 0 Å². The lowest BCUT2D eigenvalue weighted by molar-refractivity contribution is 0.181. The first kappa shape index (κ1) is 88.0. The molecule has 9 atom stereocenters. The molecule has 0 amide bonds. The molecule has 0 spiro atoms. The summed E-state index contributed by atoms with van der Waals surface area (Å²) in [6, 6.07) is 0. The van der Waals surface area contributed by atoms with Crippen LogP contribution in [0.15, 0.2) is 0 Å². The minimum Gasteiger partial charge on any atom is -0.0654 e. The molecule has 0 N–H and O–H groups in total. The van der Waals surface area contributed by atoms with Crippen LogP contribution in [0.25, 0.3) is 0 Å². The average Bonchev–Trinajstić information content (AvgIpc) is 3.60. The standard InChI is InChI=1S/C88H178/c1-12-22-32-42-45-47-49-52-62-80(11)72-82(65-61-51-48-46-43-33-23-13-2)74-84(67-55-37-27-17-6)76-86(69-57-39-29-19-8)78-88(71-59-41-31-21-10)79-87(70-58-40-30-20-9)77-85(68-56-38-28-18-7)75-83(66-54-36-26-16-5)73-81(63-53-35-25-15-4)64-60-50-44-34-24-14-3/h80-88H,12-79H2,1-11H3/t80-,81-,82+,83-,84+,85-,86+,87-,88+/m1/s1. The van der Waals surface area contributed by atoms with Gasteiger partial charge < -0.3 is 0 Å². The van der Waals surface area contributed by atoms with Gasteiger partial charge in [-0.3, -0.25) is 0 Å². The van der Waals surface area contributed by atoms with Crippen LogP contribution in [0, 0.1) is 53.3 Å². The van der Waals surface area contributed by atoms with Gasteiger partial charge in [0.15, 0.2) is 0 Å². The van der Waals surface area contributed by atoms with Gasteiger partial charge in [-0.05, 0) is 105 Å². The van der Waals surface area contributed by atoms with Crippen LogP contribution in [0.5, 0.6) is 0 Å². The quantitative estimate of drug-likeness (QED) is 0.0533. The number of hydrogen-bond donors (Lipinski definition) is 0. The Labute approximate surface area is 562 Å².